The van der Waals surface area contributed by atoms with E-state index < -0.39 is 0 Å². The molecule has 1 aromatic rings. The molecule has 1 aromatic carbocycles. The third-order valence-corrected chi connectivity index (χ3v) is 4.32. The topological polar surface area (TPSA) is 78.7 Å². The van der Waals surface area contributed by atoms with Crippen LogP contribution in [-0.2, 0) is 4.79 Å². The van der Waals surface area contributed by atoms with Crippen molar-refractivity contribution in [2.75, 3.05) is 45.6 Å². The molecule has 1 unspecified atom stereocenters. The number of carbonyl (C=O) groups is 2. The molecule has 6 nitrogen and oxygen atoms in total. The average molecular weight is 355 g/mol. The van der Waals surface area contributed by atoms with Crippen molar-refractivity contribution in [2.24, 2.45) is 11.1 Å². The number of nitrogens with zero attached hydrogens (tertiary/aromatic N) is 2. The Hall–Kier alpha value is -1.63. The first-order valence-corrected chi connectivity index (χ1v) is 7.87. The summed E-state index contributed by atoms with van der Waals surface area (Å²) in [6.45, 7) is 4.93. The Morgan fingerprint density at radius 1 is 1.29 bits per heavy atom. The van der Waals surface area contributed by atoms with E-state index in [1.54, 1.807) is 38.4 Å². The lowest BCUT2D eigenvalue weighted by Gasteiger charge is -2.22. The molecular formula is C17H27ClN4O2. The SMILES string of the molecule is CN(C)C(=O)c1ccc(NC(=O)CN2CCC(C)(CN)C2)cc1.Cl. The fraction of sp³-hybridized carbons (Fsp3) is 0.529. The summed E-state index contributed by atoms with van der Waals surface area (Å²) in [5, 5.41) is 2.87. The second-order valence-electron chi connectivity index (χ2n) is 6.80. The zero-order valence-electron chi connectivity index (χ0n) is 14.5. The van der Waals surface area contributed by atoms with Crippen molar-refractivity contribution >= 4 is 29.9 Å². The van der Waals surface area contributed by atoms with Gasteiger partial charge in [0.2, 0.25) is 5.91 Å². The van der Waals surface area contributed by atoms with E-state index in [9.17, 15) is 9.59 Å². The van der Waals surface area contributed by atoms with Crippen LogP contribution in [0.2, 0.25) is 0 Å². The van der Waals surface area contributed by atoms with Crippen LogP contribution in [0.3, 0.4) is 0 Å². The lowest BCUT2D eigenvalue weighted by Crippen LogP contribution is -2.35. The summed E-state index contributed by atoms with van der Waals surface area (Å²) in [5.41, 5.74) is 7.21. The Balaban J connectivity index is 0.00000288. The number of halogens is 1. The predicted molar refractivity (Wildman–Crippen MR) is 98.6 cm³/mol. The van der Waals surface area contributed by atoms with Crippen molar-refractivity contribution in [1.82, 2.24) is 9.80 Å². The molecular weight excluding hydrogens is 328 g/mol. The highest BCUT2D eigenvalue weighted by Crippen LogP contribution is 2.28. The van der Waals surface area contributed by atoms with Crippen LogP contribution < -0.4 is 11.1 Å². The maximum Gasteiger partial charge on any atom is 0.253 e. The van der Waals surface area contributed by atoms with Crippen LogP contribution in [0.25, 0.3) is 0 Å². The summed E-state index contributed by atoms with van der Waals surface area (Å²) in [7, 11) is 3.42. The van der Waals surface area contributed by atoms with E-state index in [0.29, 0.717) is 24.3 Å². The first-order chi connectivity index (χ1) is 10.8. The number of anilines is 1. The molecule has 134 valence electrons. The Kier molecular flexibility index (Phi) is 7.20. The minimum Gasteiger partial charge on any atom is -0.345 e. The molecule has 1 fully saturated rings. The normalized spacial score (nSPS) is 20.3. The van der Waals surface area contributed by atoms with Crippen molar-refractivity contribution in [3.05, 3.63) is 29.8 Å². The molecule has 3 N–H and O–H groups in total. The highest BCUT2D eigenvalue weighted by molar-refractivity contribution is 5.96. The van der Waals surface area contributed by atoms with E-state index in [0.717, 1.165) is 19.5 Å². The van der Waals surface area contributed by atoms with Crippen LogP contribution in [-0.4, -0.2) is 61.9 Å². The first kappa shape index (κ1) is 20.4. The van der Waals surface area contributed by atoms with Crippen molar-refractivity contribution < 1.29 is 9.59 Å². The van der Waals surface area contributed by atoms with Crippen LogP contribution in [0.1, 0.15) is 23.7 Å². The van der Waals surface area contributed by atoms with Crippen LogP contribution >= 0.6 is 12.4 Å². The number of amides is 2. The van der Waals surface area contributed by atoms with Gasteiger partial charge >= 0.3 is 0 Å². The number of nitrogens with two attached hydrogens (primary N) is 1. The number of nitrogens with one attached hydrogen (secondary N) is 1. The van der Waals surface area contributed by atoms with Gasteiger partial charge < -0.3 is 16.0 Å². The van der Waals surface area contributed by atoms with Gasteiger partial charge in [0.05, 0.1) is 6.54 Å². The van der Waals surface area contributed by atoms with Crippen LogP contribution in [0.15, 0.2) is 24.3 Å². The van der Waals surface area contributed by atoms with E-state index in [-0.39, 0.29) is 29.6 Å². The summed E-state index contributed by atoms with van der Waals surface area (Å²) in [5.74, 6) is -0.0982. The first-order valence-electron chi connectivity index (χ1n) is 7.87. The number of benzene rings is 1. The lowest BCUT2D eigenvalue weighted by atomic mass is 9.90. The third kappa shape index (κ3) is 5.19. The molecule has 1 aliphatic rings. The fourth-order valence-corrected chi connectivity index (χ4v) is 2.79. The van der Waals surface area contributed by atoms with Crippen molar-refractivity contribution in [3.8, 4) is 0 Å². The molecule has 0 aromatic heterocycles. The molecule has 0 spiro atoms. The number of carbonyl (C=O) groups excluding carboxylic acids is 2. The zero-order valence-corrected chi connectivity index (χ0v) is 15.4. The second-order valence-corrected chi connectivity index (χ2v) is 6.80. The van der Waals surface area contributed by atoms with Crippen LogP contribution in [0.5, 0.6) is 0 Å². The van der Waals surface area contributed by atoms with Gasteiger partial charge in [-0.05, 0) is 49.2 Å². The average Bonchev–Trinajstić information content (AvgIpc) is 2.89. The smallest absolute Gasteiger partial charge is 0.253 e. The molecule has 2 rings (SSSR count). The van der Waals surface area contributed by atoms with Gasteiger partial charge in [-0.1, -0.05) is 6.92 Å². The summed E-state index contributed by atoms with van der Waals surface area (Å²) < 4.78 is 0. The van der Waals surface area contributed by atoms with Gasteiger partial charge in [0.15, 0.2) is 0 Å². The number of hydrogen-bond donors (Lipinski definition) is 2. The summed E-state index contributed by atoms with van der Waals surface area (Å²) in [4.78, 5) is 27.6. The highest BCUT2D eigenvalue weighted by atomic mass is 35.5. The van der Waals surface area contributed by atoms with Gasteiger partial charge in [-0.15, -0.1) is 12.4 Å². The molecule has 0 radical (unpaired) electrons. The Morgan fingerprint density at radius 3 is 2.42 bits per heavy atom. The standard InChI is InChI=1S/C17H26N4O2.ClH/c1-17(11-18)8-9-21(12-17)10-15(22)19-14-6-4-13(5-7-14)16(23)20(2)3;/h4-7H,8-12,18H2,1-3H3,(H,19,22);1H. The molecule has 0 bridgehead atoms. The van der Waals surface area contributed by atoms with E-state index in [1.807, 2.05) is 0 Å². The molecule has 2 amide bonds. The van der Waals surface area contributed by atoms with Gasteiger partial charge in [0.25, 0.3) is 5.91 Å². The zero-order chi connectivity index (χ0) is 17.0. The molecule has 1 saturated heterocycles. The molecule has 7 heteroatoms. The number of hydrogen-bond acceptors (Lipinski definition) is 4. The highest BCUT2D eigenvalue weighted by Gasteiger charge is 2.33. The third-order valence-electron chi connectivity index (χ3n) is 4.32. The summed E-state index contributed by atoms with van der Waals surface area (Å²) in [6.07, 6.45) is 1.03. The largest absolute Gasteiger partial charge is 0.345 e. The minimum absolute atomic E-state index is 0. The second kappa shape index (κ2) is 8.46. The van der Waals surface area contributed by atoms with Crippen LogP contribution in [0, 0.1) is 5.41 Å². The van der Waals surface area contributed by atoms with Crippen molar-refractivity contribution in [2.45, 2.75) is 13.3 Å². The quantitative estimate of drug-likeness (QED) is 0.838. The van der Waals surface area contributed by atoms with Crippen LogP contribution in [0.4, 0.5) is 5.69 Å². The predicted octanol–water partition coefficient (Wildman–Crippen LogP) is 1.42. The van der Waals surface area contributed by atoms with Gasteiger partial charge in [-0.2, -0.15) is 0 Å². The number of likely N-dealkylation sites (tertiary alicyclic amines) is 1. The number of rotatable bonds is 5. The molecule has 1 heterocycles. The molecule has 1 atom stereocenters. The van der Waals surface area contributed by atoms with E-state index in [1.165, 1.54) is 4.90 Å². The lowest BCUT2D eigenvalue weighted by molar-refractivity contribution is -0.117. The maximum atomic E-state index is 12.1. The summed E-state index contributed by atoms with van der Waals surface area (Å²) >= 11 is 0. The molecule has 0 aliphatic carbocycles. The summed E-state index contributed by atoms with van der Waals surface area (Å²) in [6, 6.07) is 6.95. The maximum absolute atomic E-state index is 12.1. The van der Waals surface area contributed by atoms with Gasteiger partial charge in [-0.3, -0.25) is 14.5 Å². The van der Waals surface area contributed by atoms with Gasteiger partial charge in [0.1, 0.15) is 0 Å². The monoisotopic (exact) mass is 354 g/mol. The Morgan fingerprint density at radius 2 is 1.92 bits per heavy atom. The van der Waals surface area contributed by atoms with Crippen molar-refractivity contribution in [3.63, 3.8) is 0 Å². The molecule has 24 heavy (non-hydrogen) atoms. The van der Waals surface area contributed by atoms with E-state index in [4.69, 9.17) is 5.73 Å². The van der Waals surface area contributed by atoms with Gasteiger partial charge in [0, 0.05) is 31.9 Å². The van der Waals surface area contributed by atoms with Crippen molar-refractivity contribution in [1.29, 1.82) is 0 Å². The fourth-order valence-electron chi connectivity index (χ4n) is 2.79. The van der Waals surface area contributed by atoms with Gasteiger partial charge in [-0.25, -0.2) is 0 Å². The Labute approximate surface area is 149 Å². The Bertz CT molecular complexity index is 576. The molecule has 1 aliphatic heterocycles. The van der Waals surface area contributed by atoms with E-state index >= 15 is 0 Å². The molecule has 0 saturated carbocycles. The minimum atomic E-state index is -0.0546. The van der Waals surface area contributed by atoms with E-state index in [2.05, 4.69) is 17.1 Å².